The molecule has 2 heterocycles. The minimum absolute atomic E-state index is 0.0603. The van der Waals surface area contributed by atoms with Crippen LogP contribution in [0.4, 0.5) is 5.69 Å². The molecule has 1 aliphatic rings. The lowest BCUT2D eigenvalue weighted by Gasteiger charge is -2.30. The summed E-state index contributed by atoms with van der Waals surface area (Å²) in [7, 11) is 0. The Bertz CT molecular complexity index is 992. The fourth-order valence-corrected chi connectivity index (χ4v) is 3.94. The predicted molar refractivity (Wildman–Crippen MR) is 120 cm³/mol. The molecule has 2 aromatic carbocycles. The van der Waals surface area contributed by atoms with Gasteiger partial charge in [0.1, 0.15) is 17.0 Å². The lowest BCUT2D eigenvalue weighted by Crippen LogP contribution is -2.38. The van der Waals surface area contributed by atoms with E-state index in [1.54, 1.807) is 0 Å². The van der Waals surface area contributed by atoms with Crippen molar-refractivity contribution in [2.24, 2.45) is 0 Å². The third-order valence-corrected chi connectivity index (χ3v) is 5.45. The zero-order valence-corrected chi connectivity index (χ0v) is 18.1. The van der Waals surface area contributed by atoms with Crippen LogP contribution in [0, 0.1) is 0 Å². The summed E-state index contributed by atoms with van der Waals surface area (Å²) in [5.74, 6) is 2.39. The van der Waals surface area contributed by atoms with Gasteiger partial charge in [0.05, 0.1) is 25.4 Å². The van der Waals surface area contributed by atoms with Gasteiger partial charge in [0.2, 0.25) is 5.91 Å². The van der Waals surface area contributed by atoms with E-state index in [1.807, 2.05) is 56.3 Å². The number of rotatable bonds is 8. The molecule has 164 valence electrons. The third kappa shape index (κ3) is 5.17. The summed E-state index contributed by atoms with van der Waals surface area (Å²) in [5, 5.41) is 2.99. The first kappa shape index (κ1) is 21.2. The van der Waals surface area contributed by atoms with E-state index < -0.39 is 0 Å². The molecule has 0 aliphatic carbocycles. The van der Waals surface area contributed by atoms with E-state index >= 15 is 0 Å². The van der Waals surface area contributed by atoms with Crippen LogP contribution >= 0.6 is 0 Å². The molecule has 1 N–H and O–H groups in total. The summed E-state index contributed by atoms with van der Waals surface area (Å²) in [5.41, 5.74) is 2.37. The highest BCUT2D eigenvalue weighted by Crippen LogP contribution is 2.31. The normalized spacial score (nSPS) is 15.2. The van der Waals surface area contributed by atoms with Crippen LogP contribution in [0.5, 0.6) is 11.5 Å². The predicted octanol–water partition coefficient (Wildman–Crippen LogP) is 4.44. The molecule has 0 atom stereocenters. The van der Waals surface area contributed by atoms with Crippen molar-refractivity contribution in [3.05, 3.63) is 48.4 Å². The quantitative estimate of drug-likeness (QED) is 0.577. The van der Waals surface area contributed by atoms with Gasteiger partial charge < -0.3 is 19.2 Å². The number of hydrogen-bond donors (Lipinski definition) is 1. The molecule has 1 saturated heterocycles. The fraction of sp³-hybridized carbons (Fsp3) is 0.417. The molecule has 1 amide bonds. The molecule has 3 aromatic rings. The Morgan fingerprint density at radius 2 is 1.90 bits per heavy atom. The summed E-state index contributed by atoms with van der Waals surface area (Å²) in [4.78, 5) is 19.5. The monoisotopic (exact) mass is 423 g/mol. The van der Waals surface area contributed by atoms with Gasteiger partial charge in [-0.3, -0.25) is 9.69 Å². The maximum Gasteiger partial charge on any atom is 0.238 e. The number of anilines is 1. The number of para-hydroxylation sites is 2. The molecule has 0 spiro atoms. The van der Waals surface area contributed by atoms with Crippen molar-refractivity contribution in [2.75, 3.05) is 38.2 Å². The number of piperidine rings is 1. The lowest BCUT2D eigenvalue weighted by atomic mass is 9.97. The summed E-state index contributed by atoms with van der Waals surface area (Å²) in [6.07, 6.45) is 1.84. The first-order chi connectivity index (χ1) is 15.2. The number of aromatic nitrogens is 1. The Balaban J connectivity index is 1.33. The zero-order valence-electron chi connectivity index (χ0n) is 18.1. The number of oxazole rings is 1. The molecular weight excluding hydrogens is 394 g/mol. The molecule has 4 rings (SSSR count). The van der Waals surface area contributed by atoms with Crippen LogP contribution in [-0.4, -0.2) is 48.6 Å². The Kier molecular flexibility index (Phi) is 6.72. The van der Waals surface area contributed by atoms with E-state index in [4.69, 9.17) is 13.9 Å². The second-order valence-corrected chi connectivity index (χ2v) is 7.64. The lowest BCUT2D eigenvalue weighted by molar-refractivity contribution is -0.117. The van der Waals surface area contributed by atoms with Crippen molar-refractivity contribution < 1.29 is 18.7 Å². The average molecular weight is 424 g/mol. The molecule has 7 nitrogen and oxygen atoms in total. The maximum atomic E-state index is 12.7. The van der Waals surface area contributed by atoms with Crippen LogP contribution < -0.4 is 14.8 Å². The highest BCUT2D eigenvalue weighted by atomic mass is 16.5. The fourth-order valence-electron chi connectivity index (χ4n) is 3.94. The van der Waals surface area contributed by atoms with Gasteiger partial charge in [0, 0.05) is 12.0 Å². The zero-order chi connectivity index (χ0) is 21.6. The van der Waals surface area contributed by atoms with E-state index in [2.05, 4.69) is 15.2 Å². The highest BCUT2D eigenvalue weighted by Gasteiger charge is 2.26. The number of ether oxygens (including phenoxy) is 2. The first-order valence-electron chi connectivity index (χ1n) is 10.9. The highest BCUT2D eigenvalue weighted by molar-refractivity contribution is 5.94. The van der Waals surface area contributed by atoms with Crippen LogP contribution in [0.3, 0.4) is 0 Å². The molecule has 0 bridgehead atoms. The number of fused-ring (bicyclic) bond motifs is 1. The molecule has 0 radical (unpaired) electrons. The van der Waals surface area contributed by atoms with E-state index in [-0.39, 0.29) is 5.91 Å². The minimum Gasteiger partial charge on any atom is -0.494 e. The van der Waals surface area contributed by atoms with Crippen molar-refractivity contribution in [1.29, 1.82) is 0 Å². The number of benzene rings is 2. The van der Waals surface area contributed by atoms with Gasteiger partial charge in [0.15, 0.2) is 11.5 Å². The largest absolute Gasteiger partial charge is 0.494 e. The summed E-state index contributed by atoms with van der Waals surface area (Å²) < 4.78 is 17.1. The van der Waals surface area contributed by atoms with Gasteiger partial charge in [0.25, 0.3) is 0 Å². The Hall–Kier alpha value is -3.06. The molecule has 1 aromatic heterocycles. The van der Waals surface area contributed by atoms with Crippen molar-refractivity contribution in [2.45, 2.75) is 32.6 Å². The molecule has 1 aliphatic heterocycles. The third-order valence-electron chi connectivity index (χ3n) is 5.45. The van der Waals surface area contributed by atoms with Crippen LogP contribution in [-0.2, 0) is 4.79 Å². The molecule has 7 heteroatoms. The molecule has 1 fully saturated rings. The average Bonchev–Trinajstić information content (AvgIpc) is 3.21. The Labute approximate surface area is 182 Å². The van der Waals surface area contributed by atoms with E-state index in [0.29, 0.717) is 42.9 Å². The van der Waals surface area contributed by atoms with Crippen molar-refractivity contribution >= 4 is 22.7 Å². The maximum absolute atomic E-state index is 12.7. The summed E-state index contributed by atoms with van der Waals surface area (Å²) >= 11 is 0. The van der Waals surface area contributed by atoms with Crippen molar-refractivity contribution in [3.8, 4) is 11.5 Å². The van der Waals surface area contributed by atoms with Gasteiger partial charge in [-0.1, -0.05) is 12.1 Å². The van der Waals surface area contributed by atoms with Crippen LogP contribution in [0.1, 0.15) is 38.5 Å². The molecule has 0 unspecified atom stereocenters. The van der Waals surface area contributed by atoms with Crippen LogP contribution in [0.2, 0.25) is 0 Å². The van der Waals surface area contributed by atoms with Crippen molar-refractivity contribution in [3.63, 3.8) is 0 Å². The second kappa shape index (κ2) is 9.83. The second-order valence-electron chi connectivity index (χ2n) is 7.64. The number of nitrogens with zero attached hydrogens (tertiary/aromatic N) is 2. The van der Waals surface area contributed by atoms with Crippen LogP contribution in [0.15, 0.2) is 46.9 Å². The van der Waals surface area contributed by atoms with Gasteiger partial charge in [-0.25, -0.2) is 4.98 Å². The number of likely N-dealkylation sites (tertiary alicyclic amines) is 1. The summed E-state index contributed by atoms with van der Waals surface area (Å²) in [6.45, 7) is 6.94. The molecule has 0 saturated carbocycles. The minimum atomic E-state index is -0.0603. The smallest absolute Gasteiger partial charge is 0.238 e. The first-order valence-corrected chi connectivity index (χ1v) is 10.9. The molecule has 31 heavy (non-hydrogen) atoms. The van der Waals surface area contributed by atoms with E-state index in [0.717, 1.165) is 42.9 Å². The van der Waals surface area contributed by atoms with Crippen LogP contribution in [0.25, 0.3) is 11.1 Å². The number of hydrogen-bond acceptors (Lipinski definition) is 6. The van der Waals surface area contributed by atoms with Gasteiger partial charge in [-0.2, -0.15) is 0 Å². The number of nitrogens with one attached hydrogen (secondary N) is 1. The Morgan fingerprint density at radius 3 is 2.65 bits per heavy atom. The Morgan fingerprint density at radius 1 is 1.13 bits per heavy atom. The van der Waals surface area contributed by atoms with Gasteiger partial charge >= 0.3 is 0 Å². The number of amides is 1. The summed E-state index contributed by atoms with van der Waals surface area (Å²) in [6, 6.07) is 13.3. The van der Waals surface area contributed by atoms with Gasteiger partial charge in [-0.15, -0.1) is 0 Å². The van der Waals surface area contributed by atoms with Gasteiger partial charge in [-0.05, 0) is 64.0 Å². The SMILES string of the molecule is CCOc1ccc(OCC)c(NC(=O)CN2CCC(c3nc4ccccc4o3)CC2)c1. The van der Waals surface area contributed by atoms with Crippen molar-refractivity contribution in [1.82, 2.24) is 9.88 Å². The standard InChI is InChI=1S/C24H29N3O4/c1-3-29-18-9-10-21(30-4-2)20(15-18)25-23(28)16-27-13-11-17(12-14-27)24-26-19-7-5-6-8-22(19)31-24/h5-10,15,17H,3-4,11-14,16H2,1-2H3,(H,25,28). The number of carbonyl (C=O) groups excluding carboxylic acids is 1. The topological polar surface area (TPSA) is 76.8 Å². The van der Waals surface area contributed by atoms with E-state index in [1.165, 1.54) is 0 Å². The number of carbonyl (C=O) groups is 1. The molecular formula is C24H29N3O4. The van der Waals surface area contributed by atoms with E-state index in [9.17, 15) is 4.79 Å².